The first-order valence-corrected chi connectivity index (χ1v) is 15.0. The van der Waals surface area contributed by atoms with E-state index in [1.54, 1.807) is 14.2 Å². The van der Waals surface area contributed by atoms with Gasteiger partial charge in [0.25, 0.3) is 11.4 Å². The van der Waals surface area contributed by atoms with Gasteiger partial charge in [-0.15, -0.1) is 0 Å². The maximum atomic E-state index is 12.3. The molecule has 252 valence electrons. The lowest BCUT2D eigenvalue weighted by Gasteiger charge is -2.36. The van der Waals surface area contributed by atoms with E-state index in [0.717, 1.165) is 28.8 Å². The SMILES string of the molecule is COc1ccc(C(OCC(O)COCCCOC(=O)Cc2ccc([N+](=O)[O-])cc2[N+](=O)[O-])(c2ccccc2)c2ccc(OC)cc2)cc1. The van der Waals surface area contributed by atoms with Crippen molar-refractivity contribution in [1.29, 1.82) is 0 Å². The highest BCUT2D eigenvalue weighted by atomic mass is 16.6. The average molecular weight is 661 g/mol. The Morgan fingerprint density at radius 2 is 1.35 bits per heavy atom. The van der Waals surface area contributed by atoms with Crippen LogP contribution in [0.3, 0.4) is 0 Å². The summed E-state index contributed by atoms with van der Waals surface area (Å²) in [5.74, 6) is 0.638. The molecular weight excluding hydrogens is 624 g/mol. The fourth-order valence-electron chi connectivity index (χ4n) is 5.10. The quantitative estimate of drug-likeness (QED) is 0.0478. The molecule has 0 fully saturated rings. The smallest absolute Gasteiger partial charge is 0.310 e. The number of rotatable bonds is 18. The number of carbonyl (C=O) groups excluding carboxylic acids is 1. The molecule has 0 amide bonds. The molecule has 0 saturated carbocycles. The molecule has 4 aromatic carbocycles. The summed E-state index contributed by atoms with van der Waals surface area (Å²) in [6, 6.07) is 27.8. The number of aliphatic hydroxyl groups excluding tert-OH is 1. The summed E-state index contributed by atoms with van der Waals surface area (Å²) in [5.41, 5.74) is 0.391. The van der Waals surface area contributed by atoms with Crippen LogP contribution in [0.15, 0.2) is 97.1 Å². The molecule has 0 aliphatic heterocycles. The number of nitro benzene ring substituents is 2. The number of hydrogen-bond donors (Lipinski definition) is 1. The van der Waals surface area contributed by atoms with Crippen LogP contribution in [0.5, 0.6) is 11.5 Å². The summed E-state index contributed by atoms with van der Waals surface area (Å²) in [7, 11) is 3.19. The van der Waals surface area contributed by atoms with Crippen LogP contribution in [0.4, 0.5) is 11.4 Å². The molecule has 1 atom stereocenters. The molecule has 0 spiro atoms. The molecule has 0 aliphatic carbocycles. The molecule has 0 heterocycles. The Kier molecular flexibility index (Phi) is 12.5. The first-order chi connectivity index (χ1) is 23.2. The summed E-state index contributed by atoms with van der Waals surface area (Å²) in [4.78, 5) is 33.0. The first kappa shape index (κ1) is 35.5. The Morgan fingerprint density at radius 3 is 1.90 bits per heavy atom. The lowest BCUT2D eigenvalue weighted by Crippen LogP contribution is -2.36. The highest BCUT2D eigenvalue weighted by molar-refractivity contribution is 5.74. The van der Waals surface area contributed by atoms with E-state index in [1.165, 1.54) is 6.07 Å². The van der Waals surface area contributed by atoms with Gasteiger partial charge in [-0.3, -0.25) is 25.0 Å². The molecule has 0 aromatic heterocycles. The molecule has 1 N–H and O–H groups in total. The number of esters is 1. The fourth-order valence-corrected chi connectivity index (χ4v) is 5.10. The van der Waals surface area contributed by atoms with Crippen molar-refractivity contribution >= 4 is 17.3 Å². The number of non-ortho nitro benzene ring substituents is 1. The molecule has 13 heteroatoms. The van der Waals surface area contributed by atoms with Crippen molar-refractivity contribution in [2.24, 2.45) is 0 Å². The predicted octanol–water partition coefficient (Wildman–Crippen LogP) is 5.38. The Hall–Kier alpha value is -5.37. The van der Waals surface area contributed by atoms with Gasteiger partial charge in [-0.25, -0.2) is 0 Å². The van der Waals surface area contributed by atoms with E-state index in [9.17, 15) is 30.1 Å². The van der Waals surface area contributed by atoms with Crippen LogP contribution in [-0.4, -0.2) is 67.7 Å². The van der Waals surface area contributed by atoms with Crippen molar-refractivity contribution in [2.75, 3.05) is 40.6 Å². The second-order valence-electron chi connectivity index (χ2n) is 10.6. The molecule has 0 aliphatic rings. The summed E-state index contributed by atoms with van der Waals surface area (Å²) in [6.45, 7) is -0.0178. The van der Waals surface area contributed by atoms with Crippen molar-refractivity contribution in [3.8, 4) is 11.5 Å². The van der Waals surface area contributed by atoms with Crippen LogP contribution >= 0.6 is 0 Å². The zero-order valence-electron chi connectivity index (χ0n) is 26.5. The van der Waals surface area contributed by atoms with Crippen molar-refractivity contribution in [3.05, 3.63) is 140 Å². The summed E-state index contributed by atoms with van der Waals surface area (Å²) in [6.07, 6.45) is -1.13. The third-order valence-corrected chi connectivity index (χ3v) is 7.48. The number of ether oxygens (including phenoxy) is 5. The minimum atomic E-state index is -1.10. The molecule has 0 radical (unpaired) electrons. The predicted molar refractivity (Wildman–Crippen MR) is 174 cm³/mol. The zero-order valence-corrected chi connectivity index (χ0v) is 26.5. The number of nitro groups is 2. The van der Waals surface area contributed by atoms with E-state index in [1.807, 2.05) is 78.9 Å². The van der Waals surface area contributed by atoms with Crippen molar-refractivity contribution in [2.45, 2.75) is 24.5 Å². The van der Waals surface area contributed by atoms with E-state index in [-0.39, 0.29) is 32.0 Å². The Labute approximate surface area is 276 Å². The van der Waals surface area contributed by atoms with Crippen LogP contribution < -0.4 is 9.47 Å². The third kappa shape index (κ3) is 8.91. The van der Waals surface area contributed by atoms with E-state index >= 15 is 0 Å². The standard InChI is InChI=1S/C35H36N2O11/c1-44-31-15-10-27(11-16-31)35(26-7-4-3-5-8-26,28-12-17-32(45-2)18-13-28)48-24-30(38)23-46-19-6-20-47-34(39)21-25-9-14-29(36(40)41)22-33(25)37(42)43/h3-5,7-18,22,30,38H,6,19-21,23-24H2,1-2H3. The maximum Gasteiger partial charge on any atom is 0.310 e. The van der Waals surface area contributed by atoms with Gasteiger partial charge in [0.1, 0.15) is 23.2 Å². The molecule has 0 saturated heterocycles. The van der Waals surface area contributed by atoms with Gasteiger partial charge >= 0.3 is 5.97 Å². The number of carbonyl (C=O) groups is 1. The van der Waals surface area contributed by atoms with Crippen molar-refractivity contribution < 1.29 is 43.4 Å². The summed E-state index contributed by atoms with van der Waals surface area (Å²) < 4.78 is 28.2. The summed E-state index contributed by atoms with van der Waals surface area (Å²) in [5, 5.41) is 33.1. The second-order valence-corrected chi connectivity index (χ2v) is 10.6. The zero-order chi connectivity index (χ0) is 34.5. The normalized spacial score (nSPS) is 11.8. The van der Waals surface area contributed by atoms with Crippen molar-refractivity contribution in [3.63, 3.8) is 0 Å². The molecule has 4 aromatic rings. The Bertz CT molecular complexity index is 1620. The number of benzene rings is 4. The third-order valence-electron chi connectivity index (χ3n) is 7.48. The topological polar surface area (TPSA) is 170 Å². The first-order valence-electron chi connectivity index (χ1n) is 15.0. The van der Waals surface area contributed by atoms with E-state index < -0.39 is 45.3 Å². The van der Waals surface area contributed by atoms with Gasteiger partial charge < -0.3 is 28.8 Å². The van der Waals surface area contributed by atoms with E-state index in [0.29, 0.717) is 17.9 Å². The largest absolute Gasteiger partial charge is 0.497 e. The number of hydrogen-bond acceptors (Lipinski definition) is 11. The average Bonchev–Trinajstić information content (AvgIpc) is 3.11. The van der Waals surface area contributed by atoms with Crippen LogP contribution in [0.2, 0.25) is 0 Å². The Morgan fingerprint density at radius 1 is 0.771 bits per heavy atom. The highest BCUT2D eigenvalue weighted by Gasteiger charge is 2.38. The fraction of sp³-hybridized carbons (Fsp3) is 0.286. The maximum absolute atomic E-state index is 12.3. The monoisotopic (exact) mass is 660 g/mol. The van der Waals surface area contributed by atoms with Gasteiger partial charge in [-0.05, 0) is 47.0 Å². The molecular formula is C35H36N2O11. The summed E-state index contributed by atoms with van der Waals surface area (Å²) >= 11 is 0. The Balaban J connectivity index is 1.35. The number of nitrogens with zero attached hydrogens (tertiary/aromatic N) is 2. The van der Waals surface area contributed by atoms with Gasteiger partial charge in [-0.1, -0.05) is 54.6 Å². The van der Waals surface area contributed by atoms with Crippen LogP contribution in [0, 0.1) is 20.2 Å². The second kappa shape index (κ2) is 17.0. The van der Waals surface area contributed by atoms with Gasteiger partial charge in [0.05, 0.1) is 56.4 Å². The molecule has 48 heavy (non-hydrogen) atoms. The molecule has 1 unspecified atom stereocenters. The molecule has 0 bridgehead atoms. The lowest BCUT2D eigenvalue weighted by atomic mass is 9.80. The van der Waals surface area contributed by atoms with E-state index in [4.69, 9.17) is 23.7 Å². The molecule has 4 rings (SSSR count). The van der Waals surface area contributed by atoms with Gasteiger partial charge in [0, 0.05) is 24.7 Å². The highest BCUT2D eigenvalue weighted by Crippen LogP contribution is 2.41. The minimum absolute atomic E-state index is 0.00540. The van der Waals surface area contributed by atoms with Gasteiger partial charge in [0.2, 0.25) is 0 Å². The van der Waals surface area contributed by atoms with Gasteiger partial charge in [0.15, 0.2) is 0 Å². The van der Waals surface area contributed by atoms with Gasteiger partial charge in [-0.2, -0.15) is 0 Å². The van der Waals surface area contributed by atoms with Crippen LogP contribution in [-0.2, 0) is 31.0 Å². The minimum Gasteiger partial charge on any atom is -0.497 e. The lowest BCUT2D eigenvalue weighted by molar-refractivity contribution is -0.394. The van der Waals surface area contributed by atoms with Crippen molar-refractivity contribution in [1.82, 2.24) is 0 Å². The van der Waals surface area contributed by atoms with E-state index in [2.05, 4.69) is 0 Å². The molecule has 13 nitrogen and oxygen atoms in total. The number of methoxy groups -OCH3 is 2. The number of aliphatic hydroxyl groups is 1. The van der Waals surface area contributed by atoms with Crippen LogP contribution in [0.25, 0.3) is 0 Å². The van der Waals surface area contributed by atoms with Crippen LogP contribution in [0.1, 0.15) is 28.7 Å².